The van der Waals surface area contributed by atoms with E-state index >= 15 is 0 Å². The second-order valence-corrected chi connectivity index (χ2v) is 5.78. The Morgan fingerprint density at radius 3 is 2.00 bits per heavy atom. The van der Waals surface area contributed by atoms with E-state index in [9.17, 15) is 19.5 Å². The Kier molecular flexibility index (Phi) is 6.83. The van der Waals surface area contributed by atoms with Gasteiger partial charge in [-0.3, -0.25) is 9.69 Å². The Morgan fingerprint density at radius 1 is 1.14 bits per heavy atom. The lowest BCUT2D eigenvalue weighted by Gasteiger charge is -2.39. The van der Waals surface area contributed by atoms with Gasteiger partial charge in [0, 0.05) is 6.54 Å². The average molecular weight is 313 g/mol. The molecule has 0 spiro atoms. The molecular weight excluding hydrogens is 290 g/mol. The molecule has 22 heavy (non-hydrogen) atoms. The molecule has 124 valence electrons. The third kappa shape index (κ3) is 5.23. The van der Waals surface area contributed by atoms with Gasteiger partial charge in [-0.25, -0.2) is 9.59 Å². The van der Waals surface area contributed by atoms with Gasteiger partial charge in [0.25, 0.3) is 0 Å². The predicted molar refractivity (Wildman–Crippen MR) is 80.6 cm³/mol. The molecule has 7 nitrogen and oxygen atoms in total. The van der Waals surface area contributed by atoms with Crippen LogP contribution in [-0.4, -0.2) is 50.8 Å². The van der Waals surface area contributed by atoms with Crippen LogP contribution in [-0.2, 0) is 14.3 Å². The number of amides is 1. The van der Waals surface area contributed by atoms with Crippen LogP contribution in [0.5, 0.6) is 0 Å². The molecule has 0 aliphatic rings. The highest BCUT2D eigenvalue weighted by Crippen LogP contribution is 2.28. The maximum Gasteiger partial charge on any atom is 0.411 e. The van der Waals surface area contributed by atoms with Crippen LogP contribution in [0.2, 0.25) is 0 Å². The first-order valence-corrected chi connectivity index (χ1v) is 6.67. The monoisotopic (exact) mass is 313 g/mol. The topological polar surface area (TPSA) is 104 Å². The minimum Gasteiger partial charge on any atom is -0.481 e. The number of carbonyl (C=O) groups excluding carboxylic acids is 1. The van der Waals surface area contributed by atoms with E-state index in [0.717, 1.165) is 4.90 Å². The van der Waals surface area contributed by atoms with Crippen LogP contribution in [0.3, 0.4) is 0 Å². The summed E-state index contributed by atoms with van der Waals surface area (Å²) in [4.78, 5) is 36.0. The van der Waals surface area contributed by atoms with Gasteiger partial charge in [0.2, 0.25) is 0 Å². The normalized spacial score (nSPS) is 13.6. The highest BCUT2D eigenvalue weighted by Gasteiger charge is 2.48. The highest BCUT2D eigenvalue weighted by atomic mass is 16.6. The SMILES string of the molecule is C=CCN(C(=O)OC(C)(C)C)[C@](CC=C)(CC(=O)O)C(=O)O. The van der Waals surface area contributed by atoms with Crippen molar-refractivity contribution in [3.8, 4) is 0 Å². The van der Waals surface area contributed by atoms with Crippen molar-refractivity contribution in [2.45, 2.75) is 44.8 Å². The lowest BCUT2D eigenvalue weighted by Crippen LogP contribution is -2.59. The number of hydrogen-bond donors (Lipinski definition) is 2. The van der Waals surface area contributed by atoms with Gasteiger partial charge < -0.3 is 14.9 Å². The molecule has 0 radical (unpaired) electrons. The van der Waals surface area contributed by atoms with Crippen LogP contribution >= 0.6 is 0 Å². The molecule has 0 aromatic carbocycles. The molecule has 0 fully saturated rings. The summed E-state index contributed by atoms with van der Waals surface area (Å²) < 4.78 is 5.19. The standard InChI is InChI=1S/C15H23NO6/c1-6-8-15(12(19)20,10-11(17)18)16(9-7-2)13(21)22-14(3,4)5/h6-7H,1-2,8-10H2,3-5H3,(H,17,18)(H,19,20)/t15-/m1/s1. The van der Waals surface area contributed by atoms with E-state index < -0.39 is 35.6 Å². The van der Waals surface area contributed by atoms with Crippen LogP contribution in [0.15, 0.2) is 25.3 Å². The first-order valence-electron chi connectivity index (χ1n) is 6.67. The Labute approximate surface area is 129 Å². The zero-order chi connectivity index (χ0) is 17.6. The molecule has 1 atom stereocenters. The Bertz CT molecular complexity index is 465. The molecule has 7 heteroatoms. The van der Waals surface area contributed by atoms with Gasteiger partial charge in [-0.1, -0.05) is 12.2 Å². The van der Waals surface area contributed by atoms with Crippen molar-refractivity contribution < 1.29 is 29.3 Å². The number of aliphatic carboxylic acids is 2. The minimum atomic E-state index is -1.98. The predicted octanol–water partition coefficient (Wildman–Crippen LogP) is 2.28. The number of carboxylic acids is 2. The van der Waals surface area contributed by atoms with Gasteiger partial charge in [0.05, 0.1) is 6.42 Å². The third-order valence-electron chi connectivity index (χ3n) is 2.77. The molecule has 2 N–H and O–H groups in total. The zero-order valence-electron chi connectivity index (χ0n) is 13.2. The van der Waals surface area contributed by atoms with Gasteiger partial charge in [-0.15, -0.1) is 13.2 Å². The molecular formula is C15H23NO6. The molecule has 1 amide bonds. The van der Waals surface area contributed by atoms with E-state index in [1.807, 2.05) is 0 Å². The molecule has 0 aromatic heterocycles. The van der Waals surface area contributed by atoms with Crippen LogP contribution in [0.4, 0.5) is 4.79 Å². The van der Waals surface area contributed by atoms with Gasteiger partial charge in [0.15, 0.2) is 5.54 Å². The zero-order valence-corrected chi connectivity index (χ0v) is 13.2. The summed E-state index contributed by atoms with van der Waals surface area (Å²) in [5.74, 6) is -2.79. The fourth-order valence-electron chi connectivity index (χ4n) is 1.92. The highest BCUT2D eigenvalue weighted by molar-refractivity contribution is 5.89. The van der Waals surface area contributed by atoms with E-state index in [1.54, 1.807) is 20.8 Å². The Hall–Kier alpha value is -2.31. The van der Waals surface area contributed by atoms with Crippen molar-refractivity contribution in [1.29, 1.82) is 0 Å². The van der Waals surface area contributed by atoms with Crippen molar-refractivity contribution in [3.63, 3.8) is 0 Å². The van der Waals surface area contributed by atoms with Gasteiger partial charge >= 0.3 is 18.0 Å². The first-order chi connectivity index (χ1) is 10.00. The maximum atomic E-state index is 12.3. The smallest absolute Gasteiger partial charge is 0.411 e. The van der Waals surface area contributed by atoms with Crippen molar-refractivity contribution in [3.05, 3.63) is 25.3 Å². The quantitative estimate of drug-likeness (QED) is 0.666. The van der Waals surface area contributed by atoms with Gasteiger partial charge in [0.1, 0.15) is 5.60 Å². The average Bonchev–Trinajstić information content (AvgIpc) is 2.32. The van der Waals surface area contributed by atoms with Crippen LogP contribution in [0.1, 0.15) is 33.6 Å². The number of carboxylic acid groups (broad SMARTS) is 2. The molecule has 0 bridgehead atoms. The van der Waals surface area contributed by atoms with Crippen LogP contribution < -0.4 is 0 Å². The lowest BCUT2D eigenvalue weighted by atomic mass is 9.89. The van der Waals surface area contributed by atoms with Crippen LogP contribution in [0, 0.1) is 0 Å². The molecule has 0 saturated heterocycles. The molecule has 0 aromatic rings. The van der Waals surface area contributed by atoms with E-state index in [1.165, 1.54) is 12.2 Å². The third-order valence-corrected chi connectivity index (χ3v) is 2.77. The van der Waals surface area contributed by atoms with Crippen molar-refractivity contribution in [2.24, 2.45) is 0 Å². The second kappa shape index (κ2) is 7.63. The number of ether oxygens (including phenoxy) is 1. The maximum absolute atomic E-state index is 12.3. The van der Waals surface area contributed by atoms with E-state index in [0.29, 0.717) is 0 Å². The molecule has 0 unspecified atom stereocenters. The number of rotatable bonds is 8. The summed E-state index contributed by atoms with van der Waals surface area (Å²) in [5.41, 5.74) is -2.83. The molecule has 0 aliphatic carbocycles. The van der Waals surface area contributed by atoms with E-state index in [2.05, 4.69) is 13.2 Å². The van der Waals surface area contributed by atoms with Gasteiger partial charge in [-0.05, 0) is 27.2 Å². The minimum absolute atomic E-state index is 0.164. The summed E-state index contributed by atoms with van der Waals surface area (Å²) in [6.45, 7) is 11.6. The molecule has 0 aliphatic heterocycles. The second-order valence-electron chi connectivity index (χ2n) is 5.78. The molecule has 0 rings (SSSR count). The summed E-state index contributed by atoms with van der Waals surface area (Å²) in [6, 6.07) is 0. The largest absolute Gasteiger partial charge is 0.481 e. The fourth-order valence-corrected chi connectivity index (χ4v) is 1.92. The van der Waals surface area contributed by atoms with E-state index in [-0.39, 0.29) is 13.0 Å². The molecule has 0 saturated carbocycles. The fraction of sp³-hybridized carbons (Fsp3) is 0.533. The van der Waals surface area contributed by atoms with Crippen molar-refractivity contribution in [1.82, 2.24) is 4.90 Å². The first kappa shape index (κ1) is 19.7. The van der Waals surface area contributed by atoms with E-state index in [4.69, 9.17) is 9.84 Å². The Morgan fingerprint density at radius 2 is 1.68 bits per heavy atom. The van der Waals surface area contributed by atoms with Crippen molar-refractivity contribution in [2.75, 3.05) is 6.54 Å². The lowest BCUT2D eigenvalue weighted by molar-refractivity contribution is -0.157. The summed E-state index contributed by atoms with van der Waals surface area (Å²) in [5, 5.41) is 18.6. The number of hydrogen-bond acceptors (Lipinski definition) is 4. The number of carbonyl (C=O) groups is 3. The van der Waals surface area contributed by atoms with Gasteiger partial charge in [-0.2, -0.15) is 0 Å². The van der Waals surface area contributed by atoms with Crippen molar-refractivity contribution >= 4 is 18.0 Å². The number of nitrogens with zero attached hydrogens (tertiary/aromatic N) is 1. The summed E-state index contributed by atoms with van der Waals surface area (Å²) in [6.07, 6.45) is 0.644. The van der Waals surface area contributed by atoms with Crippen LogP contribution in [0.25, 0.3) is 0 Å². The Balaban J connectivity index is 5.88. The molecule has 0 heterocycles. The summed E-state index contributed by atoms with van der Waals surface area (Å²) in [7, 11) is 0. The summed E-state index contributed by atoms with van der Waals surface area (Å²) >= 11 is 0.